The Labute approximate surface area is 160 Å². The molecule has 0 saturated heterocycles. The molecule has 1 aromatic carbocycles. The molecule has 1 heterocycles. The highest BCUT2D eigenvalue weighted by Gasteiger charge is 2.33. The average Bonchev–Trinajstić information content (AvgIpc) is 2.62. The van der Waals surface area contributed by atoms with Crippen molar-refractivity contribution in [3.05, 3.63) is 57.9 Å². The summed E-state index contributed by atoms with van der Waals surface area (Å²) in [4.78, 5) is 16.6. The second-order valence-corrected chi connectivity index (χ2v) is 6.85. The van der Waals surface area contributed by atoms with Crippen molar-refractivity contribution in [2.24, 2.45) is 0 Å². The molecule has 3 rings (SSSR count). The molecule has 1 aliphatic carbocycles. The first-order chi connectivity index (χ1) is 12.8. The molecule has 0 unspecified atom stereocenters. The van der Waals surface area contributed by atoms with Crippen molar-refractivity contribution in [3.8, 4) is 0 Å². The number of urea groups is 1. The lowest BCUT2D eigenvalue weighted by molar-refractivity contribution is -0.137. The van der Waals surface area contributed by atoms with E-state index in [-0.39, 0.29) is 5.69 Å². The lowest BCUT2D eigenvalue weighted by atomic mass is 9.96. The van der Waals surface area contributed by atoms with Crippen LogP contribution < -0.4 is 10.6 Å². The molecule has 0 aliphatic heterocycles. The zero-order chi connectivity index (χ0) is 19.4. The van der Waals surface area contributed by atoms with E-state index in [1.54, 1.807) is 0 Å². The van der Waals surface area contributed by atoms with Crippen molar-refractivity contribution in [1.29, 1.82) is 0 Å². The molecule has 4 nitrogen and oxygen atoms in total. The van der Waals surface area contributed by atoms with Crippen LogP contribution in [0.2, 0.25) is 5.02 Å². The van der Waals surface area contributed by atoms with Crippen LogP contribution in [0, 0.1) is 0 Å². The first kappa shape index (κ1) is 19.5. The number of fused-ring (bicyclic) bond motifs is 1. The molecule has 0 bridgehead atoms. The third-order valence-corrected chi connectivity index (χ3v) is 4.76. The van der Waals surface area contributed by atoms with Gasteiger partial charge in [0.15, 0.2) is 0 Å². The van der Waals surface area contributed by atoms with E-state index in [9.17, 15) is 18.0 Å². The first-order valence-corrected chi connectivity index (χ1v) is 9.10. The summed E-state index contributed by atoms with van der Waals surface area (Å²) in [5.74, 6) is 0. The van der Waals surface area contributed by atoms with Crippen LogP contribution in [0.3, 0.4) is 0 Å². The number of aryl methyl sites for hydroxylation is 2. The largest absolute Gasteiger partial charge is 0.417 e. The fourth-order valence-electron chi connectivity index (χ4n) is 3.07. The third kappa shape index (κ3) is 5.13. The molecule has 144 valence electrons. The minimum atomic E-state index is -4.58. The number of hydrogen-bond acceptors (Lipinski definition) is 2. The number of pyridine rings is 1. The number of aromatic nitrogens is 1. The van der Waals surface area contributed by atoms with Gasteiger partial charge in [-0.05, 0) is 55.5 Å². The Morgan fingerprint density at radius 2 is 1.93 bits per heavy atom. The lowest BCUT2D eigenvalue weighted by Gasteiger charge is -2.15. The van der Waals surface area contributed by atoms with Gasteiger partial charge in [-0.3, -0.25) is 4.98 Å². The quantitative estimate of drug-likeness (QED) is 0.763. The van der Waals surface area contributed by atoms with Crippen LogP contribution in [0.4, 0.5) is 23.7 Å². The van der Waals surface area contributed by atoms with Gasteiger partial charge in [-0.15, -0.1) is 0 Å². The summed E-state index contributed by atoms with van der Waals surface area (Å²) in [7, 11) is 0. The van der Waals surface area contributed by atoms with Crippen molar-refractivity contribution in [3.63, 3.8) is 0 Å². The number of carbonyl (C=O) groups excluding carboxylic acids is 1. The van der Waals surface area contributed by atoms with E-state index in [1.807, 2.05) is 6.07 Å². The molecule has 2 aromatic rings. The number of alkyl halides is 3. The topological polar surface area (TPSA) is 54.0 Å². The summed E-state index contributed by atoms with van der Waals surface area (Å²) >= 11 is 5.56. The second-order valence-electron chi connectivity index (χ2n) is 6.44. The van der Waals surface area contributed by atoms with E-state index in [1.165, 1.54) is 18.1 Å². The van der Waals surface area contributed by atoms with E-state index in [2.05, 4.69) is 21.7 Å². The van der Waals surface area contributed by atoms with Gasteiger partial charge in [0.1, 0.15) is 0 Å². The molecule has 0 radical (unpaired) electrons. The molecule has 2 N–H and O–H groups in total. The molecule has 27 heavy (non-hydrogen) atoms. The van der Waals surface area contributed by atoms with E-state index in [4.69, 9.17) is 11.6 Å². The van der Waals surface area contributed by atoms with Crippen LogP contribution in [0.1, 0.15) is 35.4 Å². The molecule has 0 atom stereocenters. The van der Waals surface area contributed by atoms with Crippen molar-refractivity contribution >= 4 is 23.3 Å². The Morgan fingerprint density at radius 3 is 2.70 bits per heavy atom. The number of nitrogens with zero attached hydrogens (tertiary/aromatic N) is 1. The second kappa shape index (κ2) is 8.17. The van der Waals surface area contributed by atoms with Crippen molar-refractivity contribution in [2.75, 3.05) is 11.9 Å². The van der Waals surface area contributed by atoms with E-state index in [0.717, 1.165) is 42.8 Å². The zero-order valence-electron chi connectivity index (χ0n) is 14.5. The Hall–Kier alpha value is -2.28. The molecular formula is C19H19ClF3N3O. The van der Waals surface area contributed by atoms with Crippen LogP contribution >= 0.6 is 11.6 Å². The Bertz CT molecular complexity index is 839. The maximum atomic E-state index is 12.9. The smallest absolute Gasteiger partial charge is 0.337 e. The molecule has 8 heteroatoms. The van der Waals surface area contributed by atoms with Gasteiger partial charge < -0.3 is 10.6 Å². The highest BCUT2D eigenvalue weighted by Crippen LogP contribution is 2.36. The van der Waals surface area contributed by atoms with Crippen LogP contribution in [-0.2, 0) is 25.4 Å². The van der Waals surface area contributed by atoms with Gasteiger partial charge in [0.05, 0.1) is 10.6 Å². The monoisotopic (exact) mass is 397 g/mol. The summed E-state index contributed by atoms with van der Waals surface area (Å²) in [6.07, 6.45) is 0.347. The predicted octanol–water partition coefficient (Wildman–Crippen LogP) is 5.00. The van der Waals surface area contributed by atoms with Crippen molar-refractivity contribution in [1.82, 2.24) is 10.3 Å². The van der Waals surface area contributed by atoms with Gasteiger partial charge in [-0.2, -0.15) is 13.2 Å². The van der Waals surface area contributed by atoms with Gasteiger partial charge in [0.2, 0.25) is 0 Å². The van der Waals surface area contributed by atoms with Crippen LogP contribution in [-0.4, -0.2) is 17.6 Å². The number of anilines is 1. The first-order valence-electron chi connectivity index (χ1n) is 8.72. The summed E-state index contributed by atoms with van der Waals surface area (Å²) in [6, 6.07) is 6.71. The SMILES string of the molecule is O=C(NCCc1ccc2c(n1)CCCC2)Nc1ccc(Cl)c(C(F)(F)F)c1. The molecule has 1 aliphatic rings. The fraction of sp³-hybridized carbons (Fsp3) is 0.368. The number of hydrogen-bond donors (Lipinski definition) is 2. The standard InChI is InChI=1S/C19H19ClF3N3O/c20-16-8-7-14(11-15(16)19(21,22)23)26-18(27)24-10-9-13-6-5-12-3-1-2-4-17(12)25-13/h5-8,11H,1-4,9-10H2,(H2,24,26,27). The van der Waals surface area contributed by atoms with Gasteiger partial charge in [-0.25, -0.2) is 4.79 Å². The summed E-state index contributed by atoms with van der Waals surface area (Å²) in [5.41, 5.74) is 2.35. The maximum absolute atomic E-state index is 12.9. The highest BCUT2D eigenvalue weighted by molar-refractivity contribution is 6.31. The van der Waals surface area contributed by atoms with Gasteiger partial charge in [0, 0.05) is 30.0 Å². The number of halogens is 4. The summed E-state index contributed by atoms with van der Waals surface area (Å²) < 4.78 is 38.6. The molecule has 2 amide bonds. The fourth-order valence-corrected chi connectivity index (χ4v) is 3.29. The third-order valence-electron chi connectivity index (χ3n) is 4.43. The van der Waals surface area contributed by atoms with Gasteiger partial charge in [-0.1, -0.05) is 17.7 Å². The van der Waals surface area contributed by atoms with Gasteiger partial charge in [0.25, 0.3) is 0 Å². The van der Waals surface area contributed by atoms with Crippen LogP contribution in [0.15, 0.2) is 30.3 Å². The minimum absolute atomic E-state index is 0.0242. The Morgan fingerprint density at radius 1 is 1.15 bits per heavy atom. The maximum Gasteiger partial charge on any atom is 0.417 e. The van der Waals surface area contributed by atoms with Crippen LogP contribution in [0.5, 0.6) is 0 Å². The van der Waals surface area contributed by atoms with Crippen LogP contribution in [0.25, 0.3) is 0 Å². The van der Waals surface area contributed by atoms with Gasteiger partial charge >= 0.3 is 12.2 Å². The van der Waals surface area contributed by atoms with Crippen molar-refractivity contribution < 1.29 is 18.0 Å². The zero-order valence-corrected chi connectivity index (χ0v) is 15.3. The van der Waals surface area contributed by atoms with E-state index < -0.39 is 22.8 Å². The number of nitrogens with one attached hydrogen (secondary N) is 2. The minimum Gasteiger partial charge on any atom is -0.337 e. The Kier molecular flexibility index (Phi) is 5.89. The summed E-state index contributed by atoms with van der Waals surface area (Å²) in [5, 5.41) is 4.61. The predicted molar refractivity (Wildman–Crippen MR) is 98.1 cm³/mol. The number of benzene rings is 1. The number of amides is 2. The normalized spacial score (nSPS) is 13.8. The number of rotatable bonds is 4. The molecule has 0 spiro atoms. The average molecular weight is 398 g/mol. The van der Waals surface area contributed by atoms with Crippen molar-refractivity contribution in [2.45, 2.75) is 38.3 Å². The van der Waals surface area contributed by atoms with E-state index >= 15 is 0 Å². The molecule has 0 saturated carbocycles. The lowest BCUT2D eigenvalue weighted by Crippen LogP contribution is -2.30. The molecule has 1 aromatic heterocycles. The highest BCUT2D eigenvalue weighted by atomic mass is 35.5. The molecule has 0 fully saturated rings. The van der Waals surface area contributed by atoms with E-state index in [0.29, 0.717) is 13.0 Å². The number of carbonyl (C=O) groups is 1. The Balaban J connectivity index is 1.53. The summed E-state index contributed by atoms with van der Waals surface area (Å²) in [6.45, 7) is 0.331. The molecular weight excluding hydrogens is 379 g/mol.